The topological polar surface area (TPSA) is 44.8 Å². The van der Waals surface area contributed by atoms with Crippen LogP contribution in [-0.2, 0) is 19.0 Å². The van der Waals surface area contributed by atoms with Crippen LogP contribution in [0.1, 0.15) is 85.5 Å². The van der Waals surface area contributed by atoms with Crippen molar-refractivity contribution < 1.29 is 19.0 Å². The van der Waals surface area contributed by atoms with Crippen molar-refractivity contribution in [1.82, 2.24) is 0 Å². The molecule has 0 aromatic heterocycles. The van der Waals surface area contributed by atoms with Gasteiger partial charge in [-0.1, -0.05) is 39.3 Å². The number of esters is 1. The van der Waals surface area contributed by atoms with Crippen LogP contribution < -0.4 is 0 Å². The number of carbonyl (C=O) groups excluding carboxylic acids is 1. The second-order valence-corrected chi connectivity index (χ2v) is 11.0. The third-order valence-corrected chi connectivity index (χ3v) is 9.46. The summed E-state index contributed by atoms with van der Waals surface area (Å²) >= 11 is 0. The second kappa shape index (κ2) is 7.37. The van der Waals surface area contributed by atoms with Gasteiger partial charge in [-0.05, 0) is 67.6 Å². The number of carbonyl (C=O) groups is 1. The van der Waals surface area contributed by atoms with Crippen LogP contribution in [0, 0.1) is 28.1 Å². The average Bonchev–Trinajstić information content (AvgIpc) is 3.17. The molecule has 1 heterocycles. The van der Waals surface area contributed by atoms with Gasteiger partial charge in [0.15, 0.2) is 5.79 Å². The van der Waals surface area contributed by atoms with E-state index in [1.165, 1.54) is 32.8 Å². The number of methoxy groups -OCH3 is 1. The van der Waals surface area contributed by atoms with Gasteiger partial charge in [-0.15, -0.1) is 0 Å². The summed E-state index contributed by atoms with van der Waals surface area (Å²) in [5, 5.41) is 0. The molecule has 2 saturated carbocycles. The Labute approximate surface area is 176 Å². The van der Waals surface area contributed by atoms with Crippen molar-refractivity contribution in [3.05, 3.63) is 11.6 Å². The molecule has 0 radical (unpaired) electrons. The lowest BCUT2D eigenvalue weighted by atomic mass is 9.41. The van der Waals surface area contributed by atoms with Gasteiger partial charge < -0.3 is 14.2 Å². The maximum Gasteiger partial charge on any atom is 0.305 e. The summed E-state index contributed by atoms with van der Waals surface area (Å²) in [7, 11) is 1.49. The lowest BCUT2D eigenvalue weighted by Gasteiger charge is -2.65. The lowest BCUT2D eigenvalue weighted by Crippen LogP contribution is -2.62. The first-order valence-electron chi connectivity index (χ1n) is 11.8. The van der Waals surface area contributed by atoms with Gasteiger partial charge in [0.25, 0.3) is 0 Å². The summed E-state index contributed by atoms with van der Waals surface area (Å²) in [5.41, 5.74) is 2.20. The molecular weight excluding hydrogens is 364 g/mol. The van der Waals surface area contributed by atoms with Crippen molar-refractivity contribution in [2.75, 3.05) is 20.3 Å². The molecule has 4 atom stereocenters. The van der Waals surface area contributed by atoms with E-state index in [4.69, 9.17) is 14.2 Å². The molecule has 4 nitrogen and oxygen atoms in total. The van der Waals surface area contributed by atoms with E-state index < -0.39 is 0 Å². The van der Waals surface area contributed by atoms with Crippen LogP contribution in [-0.4, -0.2) is 32.1 Å². The Hall–Kier alpha value is -0.870. The second-order valence-electron chi connectivity index (χ2n) is 11.0. The molecule has 4 rings (SSSR count). The van der Waals surface area contributed by atoms with Crippen molar-refractivity contribution in [2.24, 2.45) is 28.1 Å². The molecule has 1 aliphatic heterocycles. The monoisotopic (exact) mass is 404 g/mol. The lowest BCUT2D eigenvalue weighted by molar-refractivity contribution is -0.285. The van der Waals surface area contributed by atoms with Crippen LogP contribution in [0.4, 0.5) is 0 Å². The van der Waals surface area contributed by atoms with Gasteiger partial charge in [-0.25, -0.2) is 0 Å². The summed E-state index contributed by atoms with van der Waals surface area (Å²) in [4.78, 5) is 11.6. The van der Waals surface area contributed by atoms with Crippen LogP contribution in [0.5, 0.6) is 0 Å². The highest BCUT2D eigenvalue weighted by Gasteiger charge is 2.66. The summed E-state index contributed by atoms with van der Waals surface area (Å²) in [6.45, 7) is 11.3. The predicted octanol–water partition coefficient (Wildman–Crippen LogP) is 5.65. The molecule has 0 bridgehead atoms. The fourth-order valence-electron chi connectivity index (χ4n) is 7.88. The van der Waals surface area contributed by atoms with E-state index in [2.05, 4.69) is 33.8 Å². The van der Waals surface area contributed by atoms with Gasteiger partial charge in [0.05, 0.1) is 20.3 Å². The van der Waals surface area contributed by atoms with E-state index in [0.717, 1.165) is 38.9 Å². The summed E-state index contributed by atoms with van der Waals surface area (Å²) in [6.07, 6.45) is 12.3. The van der Waals surface area contributed by atoms with Gasteiger partial charge in [0.1, 0.15) is 0 Å². The quantitative estimate of drug-likeness (QED) is 0.448. The Balaban J connectivity index is 1.58. The van der Waals surface area contributed by atoms with Gasteiger partial charge in [-0.3, -0.25) is 4.79 Å². The minimum Gasteiger partial charge on any atom is -0.469 e. The van der Waals surface area contributed by atoms with Crippen LogP contribution >= 0.6 is 0 Å². The summed E-state index contributed by atoms with van der Waals surface area (Å²) in [6, 6.07) is 0. The van der Waals surface area contributed by atoms with Gasteiger partial charge in [0.2, 0.25) is 0 Å². The van der Waals surface area contributed by atoms with E-state index in [1.807, 2.05) is 0 Å². The molecule has 1 saturated heterocycles. The zero-order valence-corrected chi connectivity index (χ0v) is 19.1. The third-order valence-electron chi connectivity index (χ3n) is 9.46. The summed E-state index contributed by atoms with van der Waals surface area (Å²) < 4.78 is 17.4. The maximum atomic E-state index is 11.6. The molecule has 4 heteroatoms. The standard InChI is InChI=1S/C25H40O4/c1-22(2)19-12-13-23(3)18(9-7-11-21(26)27-5)8-6-10-20(23)24(19,4)14-15-25(22)28-16-17-29-25/h10,18-19H,6-9,11-17H2,1-5H3/t18?,19?,23?,24-/m0/s1. The molecule has 1 spiro atoms. The predicted molar refractivity (Wildman–Crippen MR) is 113 cm³/mol. The Bertz CT molecular complexity index is 674. The Morgan fingerprint density at radius 1 is 1.07 bits per heavy atom. The third kappa shape index (κ3) is 3.12. The zero-order chi connectivity index (χ0) is 20.9. The Kier molecular flexibility index (Phi) is 5.43. The van der Waals surface area contributed by atoms with Crippen LogP contribution in [0.15, 0.2) is 11.6 Å². The minimum atomic E-state index is -0.389. The highest BCUT2D eigenvalue weighted by molar-refractivity contribution is 5.69. The normalized spacial score (nSPS) is 40.1. The van der Waals surface area contributed by atoms with Crippen LogP contribution in [0.25, 0.3) is 0 Å². The molecule has 4 aliphatic rings. The number of rotatable bonds is 4. The maximum absolute atomic E-state index is 11.6. The first kappa shape index (κ1) is 21.4. The molecule has 0 aromatic carbocycles. The highest BCUT2D eigenvalue weighted by atomic mass is 16.7. The molecule has 164 valence electrons. The van der Waals surface area contributed by atoms with Crippen LogP contribution in [0.3, 0.4) is 0 Å². The molecular formula is C25H40O4. The van der Waals surface area contributed by atoms with Crippen molar-refractivity contribution in [2.45, 2.75) is 91.3 Å². The van der Waals surface area contributed by atoms with Gasteiger partial charge in [-0.2, -0.15) is 0 Å². The fraction of sp³-hybridized carbons (Fsp3) is 0.880. The van der Waals surface area contributed by atoms with E-state index in [0.29, 0.717) is 18.3 Å². The largest absolute Gasteiger partial charge is 0.469 e. The van der Waals surface area contributed by atoms with Gasteiger partial charge in [0, 0.05) is 18.3 Å². The van der Waals surface area contributed by atoms with E-state index in [-0.39, 0.29) is 28.0 Å². The highest BCUT2D eigenvalue weighted by Crippen LogP contribution is 2.70. The Morgan fingerprint density at radius 2 is 1.79 bits per heavy atom. The molecule has 0 amide bonds. The smallest absolute Gasteiger partial charge is 0.305 e. The Morgan fingerprint density at radius 3 is 2.48 bits per heavy atom. The molecule has 3 fully saturated rings. The number of allylic oxidation sites excluding steroid dienone is 2. The van der Waals surface area contributed by atoms with Crippen molar-refractivity contribution in [3.8, 4) is 0 Å². The van der Waals surface area contributed by atoms with Gasteiger partial charge >= 0.3 is 5.97 Å². The average molecular weight is 405 g/mol. The van der Waals surface area contributed by atoms with E-state index in [9.17, 15) is 4.79 Å². The molecule has 0 aromatic rings. The van der Waals surface area contributed by atoms with E-state index in [1.54, 1.807) is 5.57 Å². The number of fused-ring (bicyclic) bond motifs is 3. The molecule has 3 aliphatic carbocycles. The van der Waals surface area contributed by atoms with E-state index >= 15 is 0 Å². The van der Waals surface area contributed by atoms with Crippen molar-refractivity contribution in [1.29, 1.82) is 0 Å². The number of hydrogen-bond donors (Lipinski definition) is 0. The van der Waals surface area contributed by atoms with Crippen LogP contribution in [0.2, 0.25) is 0 Å². The SMILES string of the molecule is COC(=O)CCCC1CCC=C2C1(C)CCC1C(C)(C)C3(CC[C@]21C)OCCO3. The molecule has 0 N–H and O–H groups in total. The van der Waals surface area contributed by atoms with Crippen molar-refractivity contribution in [3.63, 3.8) is 0 Å². The number of hydrogen-bond acceptors (Lipinski definition) is 4. The fourth-order valence-corrected chi connectivity index (χ4v) is 7.88. The first-order valence-corrected chi connectivity index (χ1v) is 11.8. The molecule has 29 heavy (non-hydrogen) atoms. The zero-order valence-electron chi connectivity index (χ0n) is 19.1. The molecule has 3 unspecified atom stereocenters. The first-order chi connectivity index (χ1) is 13.7. The van der Waals surface area contributed by atoms with Crippen molar-refractivity contribution >= 4 is 5.97 Å². The minimum absolute atomic E-state index is 0.0104. The summed E-state index contributed by atoms with van der Waals surface area (Å²) in [5.74, 6) is 0.784. The number of ether oxygens (including phenoxy) is 3.